The van der Waals surface area contributed by atoms with Crippen LogP contribution in [-0.4, -0.2) is 53.8 Å². The summed E-state index contributed by atoms with van der Waals surface area (Å²) in [5.74, 6) is -1.57. The summed E-state index contributed by atoms with van der Waals surface area (Å²) in [7, 11) is 1.21. The molecule has 8 heteroatoms. The van der Waals surface area contributed by atoms with Gasteiger partial charge in [0.1, 0.15) is 12.3 Å². The fraction of sp³-hybridized carbons (Fsp3) is 0.412. The molecule has 1 N–H and O–H groups in total. The number of carbonyl (C=O) groups is 4. The standard InChI is InChI=1S/C17H19N3O5/c1-3-25-13-6-4-5-10-11(13)7-8-12(10)18-14(21)9-20-16(23)15(22)19(2)17(20)24/h4-6,12H,3,7-9H2,1-2H3,(H,18,21)/t12-/m0/s1. The lowest BCUT2D eigenvalue weighted by Crippen LogP contribution is -2.41. The third kappa shape index (κ3) is 2.95. The Kier molecular flexibility index (Phi) is 4.43. The Bertz CT molecular complexity index is 761. The number of hydrogen-bond donors (Lipinski definition) is 1. The van der Waals surface area contributed by atoms with E-state index in [-0.39, 0.29) is 6.04 Å². The van der Waals surface area contributed by atoms with Crippen LogP contribution in [0.4, 0.5) is 4.79 Å². The molecule has 1 fully saturated rings. The third-order valence-corrected chi connectivity index (χ3v) is 4.42. The topological polar surface area (TPSA) is 96.0 Å². The molecule has 132 valence electrons. The van der Waals surface area contributed by atoms with Crippen molar-refractivity contribution >= 4 is 23.8 Å². The Morgan fingerprint density at radius 3 is 2.68 bits per heavy atom. The van der Waals surface area contributed by atoms with Crippen LogP contribution < -0.4 is 10.1 Å². The van der Waals surface area contributed by atoms with Gasteiger partial charge in [-0.05, 0) is 37.0 Å². The quantitative estimate of drug-likeness (QED) is 0.623. The predicted octanol–water partition coefficient (Wildman–Crippen LogP) is 0.609. The first kappa shape index (κ1) is 16.9. The second-order valence-corrected chi connectivity index (χ2v) is 5.95. The van der Waals surface area contributed by atoms with Crippen LogP contribution in [0.15, 0.2) is 18.2 Å². The second kappa shape index (κ2) is 6.54. The minimum absolute atomic E-state index is 0.204. The molecule has 0 unspecified atom stereocenters. The molecule has 0 saturated carbocycles. The van der Waals surface area contributed by atoms with E-state index in [4.69, 9.17) is 4.74 Å². The van der Waals surface area contributed by atoms with Gasteiger partial charge in [0.15, 0.2) is 0 Å². The van der Waals surface area contributed by atoms with Crippen molar-refractivity contribution in [2.45, 2.75) is 25.8 Å². The van der Waals surface area contributed by atoms with E-state index in [9.17, 15) is 19.2 Å². The molecular formula is C17H19N3O5. The van der Waals surface area contributed by atoms with Gasteiger partial charge in [-0.15, -0.1) is 0 Å². The van der Waals surface area contributed by atoms with E-state index in [1.165, 1.54) is 7.05 Å². The molecule has 1 heterocycles. The number of amides is 5. The highest BCUT2D eigenvalue weighted by atomic mass is 16.5. The number of nitrogens with one attached hydrogen (secondary N) is 1. The van der Waals surface area contributed by atoms with Gasteiger partial charge in [0.05, 0.1) is 12.6 Å². The Labute approximate surface area is 144 Å². The summed E-state index contributed by atoms with van der Waals surface area (Å²) in [6, 6.07) is 4.71. The zero-order chi connectivity index (χ0) is 18.1. The van der Waals surface area contributed by atoms with Gasteiger partial charge in [-0.25, -0.2) is 9.69 Å². The highest BCUT2D eigenvalue weighted by Crippen LogP contribution is 2.36. The van der Waals surface area contributed by atoms with E-state index >= 15 is 0 Å². The average molecular weight is 345 g/mol. The Balaban J connectivity index is 1.68. The molecule has 1 aromatic rings. The Morgan fingerprint density at radius 1 is 1.28 bits per heavy atom. The number of urea groups is 1. The number of ether oxygens (including phenoxy) is 1. The van der Waals surface area contributed by atoms with Crippen molar-refractivity contribution in [2.75, 3.05) is 20.2 Å². The average Bonchev–Trinajstić information content (AvgIpc) is 3.07. The molecule has 3 rings (SSSR count). The molecule has 8 nitrogen and oxygen atoms in total. The summed E-state index contributed by atoms with van der Waals surface area (Å²) in [5.41, 5.74) is 2.05. The molecule has 0 radical (unpaired) electrons. The lowest BCUT2D eigenvalue weighted by molar-refractivity contribution is -0.143. The van der Waals surface area contributed by atoms with Gasteiger partial charge in [-0.1, -0.05) is 12.1 Å². The fourth-order valence-corrected chi connectivity index (χ4v) is 3.20. The van der Waals surface area contributed by atoms with E-state index in [1.54, 1.807) is 0 Å². The van der Waals surface area contributed by atoms with Crippen molar-refractivity contribution in [1.82, 2.24) is 15.1 Å². The summed E-state index contributed by atoms with van der Waals surface area (Å²) < 4.78 is 5.61. The zero-order valence-corrected chi connectivity index (χ0v) is 14.1. The molecule has 0 spiro atoms. The van der Waals surface area contributed by atoms with Crippen molar-refractivity contribution in [3.8, 4) is 5.75 Å². The van der Waals surface area contributed by atoms with Crippen molar-refractivity contribution in [2.24, 2.45) is 0 Å². The Morgan fingerprint density at radius 2 is 2.04 bits per heavy atom. The lowest BCUT2D eigenvalue weighted by Gasteiger charge is -2.17. The number of rotatable bonds is 5. The van der Waals surface area contributed by atoms with Crippen LogP contribution in [0.2, 0.25) is 0 Å². The largest absolute Gasteiger partial charge is 0.494 e. The summed E-state index contributed by atoms with van der Waals surface area (Å²) in [6.45, 7) is 2.01. The SMILES string of the molecule is CCOc1cccc2c1CC[C@@H]2NC(=O)CN1C(=O)C(=O)N(C)C1=O. The van der Waals surface area contributed by atoms with Crippen LogP contribution >= 0.6 is 0 Å². The van der Waals surface area contributed by atoms with Crippen LogP contribution in [0.1, 0.15) is 30.5 Å². The van der Waals surface area contributed by atoms with Crippen LogP contribution in [0, 0.1) is 0 Å². The van der Waals surface area contributed by atoms with Crippen LogP contribution in [-0.2, 0) is 20.8 Å². The summed E-state index contributed by atoms with van der Waals surface area (Å²) >= 11 is 0. The van der Waals surface area contributed by atoms with Gasteiger partial charge >= 0.3 is 17.8 Å². The highest BCUT2D eigenvalue weighted by molar-refractivity contribution is 6.44. The van der Waals surface area contributed by atoms with Crippen molar-refractivity contribution in [3.05, 3.63) is 29.3 Å². The lowest BCUT2D eigenvalue weighted by atomic mass is 10.1. The van der Waals surface area contributed by atoms with E-state index < -0.39 is 30.3 Å². The number of benzene rings is 1. The van der Waals surface area contributed by atoms with Gasteiger partial charge in [0, 0.05) is 7.05 Å². The maximum Gasteiger partial charge on any atom is 0.334 e. The molecular weight excluding hydrogens is 326 g/mol. The molecule has 1 aliphatic heterocycles. The Hall–Kier alpha value is -2.90. The first-order chi connectivity index (χ1) is 11.9. The number of hydrogen-bond acceptors (Lipinski definition) is 5. The molecule has 1 aromatic carbocycles. The first-order valence-corrected chi connectivity index (χ1v) is 8.11. The van der Waals surface area contributed by atoms with Crippen molar-refractivity contribution in [1.29, 1.82) is 0 Å². The highest BCUT2D eigenvalue weighted by Gasteiger charge is 2.43. The zero-order valence-electron chi connectivity index (χ0n) is 14.1. The predicted molar refractivity (Wildman–Crippen MR) is 86.7 cm³/mol. The number of imide groups is 2. The minimum atomic E-state index is -0.979. The smallest absolute Gasteiger partial charge is 0.334 e. The normalized spacial score (nSPS) is 19.4. The molecule has 25 heavy (non-hydrogen) atoms. The third-order valence-electron chi connectivity index (χ3n) is 4.42. The summed E-state index contributed by atoms with van der Waals surface area (Å²) in [5, 5.41) is 2.83. The summed E-state index contributed by atoms with van der Waals surface area (Å²) in [6.07, 6.45) is 1.49. The van der Waals surface area contributed by atoms with E-state index in [1.807, 2.05) is 25.1 Å². The summed E-state index contributed by atoms with van der Waals surface area (Å²) in [4.78, 5) is 48.7. The number of nitrogens with zero attached hydrogens (tertiary/aromatic N) is 2. The monoisotopic (exact) mass is 345 g/mol. The van der Waals surface area contributed by atoms with Crippen LogP contribution in [0.3, 0.4) is 0 Å². The van der Waals surface area contributed by atoms with E-state index in [2.05, 4.69) is 5.32 Å². The molecule has 1 saturated heterocycles. The molecule has 0 aromatic heterocycles. The first-order valence-electron chi connectivity index (χ1n) is 8.11. The number of fused-ring (bicyclic) bond motifs is 1. The molecule has 0 bridgehead atoms. The molecule has 1 atom stereocenters. The van der Waals surface area contributed by atoms with Crippen LogP contribution in [0.5, 0.6) is 5.75 Å². The number of carbonyl (C=O) groups excluding carboxylic acids is 4. The van der Waals surface area contributed by atoms with Gasteiger partial charge < -0.3 is 10.1 Å². The maximum absolute atomic E-state index is 12.3. The van der Waals surface area contributed by atoms with Gasteiger partial charge in [0.2, 0.25) is 5.91 Å². The van der Waals surface area contributed by atoms with Gasteiger partial charge in [0.25, 0.3) is 0 Å². The number of likely N-dealkylation sites (N-methyl/N-ethyl adjacent to an activating group) is 1. The van der Waals surface area contributed by atoms with E-state index in [0.717, 1.165) is 23.3 Å². The van der Waals surface area contributed by atoms with Gasteiger partial charge in [-0.2, -0.15) is 0 Å². The minimum Gasteiger partial charge on any atom is -0.494 e. The van der Waals surface area contributed by atoms with Crippen molar-refractivity contribution in [3.63, 3.8) is 0 Å². The van der Waals surface area contributed by atoms with Gasteiger partial charge in [-0.3, -0.25) is 19.3 Å². The maximum atomic E-state index is 12.3. The fourth-order valence-electron chi connectivity index (χ4n) is 3.20. The molecule has 2 aliphatic rings. The van der Waals surface area contributed by atoms with Crippen molar-refractivity contribution < 1.29 is 23.9 Å². The van der Waals surface area contributed by atoms with Crippen LogP contribution in [0.25, 0.3) is 0 Å². The molecule has 1 aliphatic carbocycles. The molecule has 5 amide bonds. The van der Waals surface area contributed by atoms with E-state index in [0.29, 0.717) is 22.8 Å². The second-order valence-electron chi connectivity index (χ2n) is 5.95.